The van der Waals surface area contributed by atoms with Crippen LogP contribution in [0, 0.1) is 6.07 Å². The summed E-state index contributed by atoms with van der Waals surface area (Å²) in [4.78, 5) is 0. The first-order valence-electron chi connectivity index (χ1n) is 3.68. The molecular weight excluding hydrogens is 342 g/mol. The van der Waals surface area contributed by atoms with Gasteiger partial charge in [0.05, 0.1) is 0 Å². The molecule has 0 amide bonds. The second-order valence-electron chi connectivity index (χ2n) is 3.66. The molecule has 0 aliphatic heterocycles. The van der Waals surface area contributed by atoms with Gasteiger partial charge in [0.1, 0.15) is 0 Å². The van der Waals surface area contributed by atoms with Crippen LogP contribution in [0.1, 0.15) is 26.3 Å². The van der Waals surface area contributed by atoms with Gasteiger partial charge in [-0.3, -0.25) is 0 Å². The maximum absolute atomic E-state index is 5.98. The van der Waals surface area contributed by atoms with Gasteiger partial charge < -0.3 is 0 Å². The molecule has 0 saturated heterocycles. The van der Waals surface area contributed by atoms with Gasteiger partial charge >= 0.3 is 0 Å². The molecule has 0 saturated carbocycles. The maximum Gasteiger partial charge on any atom is 0 e. The summed E-state index contributed by atoms with van der Waals surface area (Å²) in [5.74, 6) is 0. The number of rotatable bonds is 0. The zero-order valence-corrected chi connectivity index (χ0v) is 11.0. The van der Waals surface area contributed by atoms with Crippen molar-refractivity contribution in [1.82, 2.24) is 0 Å². The molecule has 0 bridgehead atoms. The third-order valence-corrected chi connectivity index (χ3v) is 1.93. The summed E-state index contributed by atoms with van der Waals surface area (Å²) < 4.78 is 0. The van der Waals surface area contributed by atoms with E-state index in [1.165, 1.54) is 5.56 Å². The Labute approximate surface area is 93.0 Å². The monoisotopic (exact) mass is 354 g/mol. The van der Waals surface area contributed by atoms with Crippen molar-refractivity contribution in [1.29, 1.82) is 0 Å². The van der Waals surface area contributed by atoms with Gasteiger partial charge in [-0.2, -0.15) is 35.9 Å². The summed E-state index contributed by atoms with van der Waals surface area (Å²) in [5, 5.41) is 0.806. The average Bonchev–Trinajstić information content (AvgIpc) is 1.86. The Morgan fingerprint density at radius 2 is 1.92 bits per heavy atom. The van der Waals surface area contributed by atoms with Crippen molar-refractivity contribution >= 4 is 11.6 Å². The molecule has 2 heteroatoms. The Bertz CT molecular complexity index is 250. The molecule has 0 aliphatic rings. The van der Waals surface area contributed by atoms with Crippen molar-refractivity contribution in [2.45, 2.75) is 26.2 Å². The topological polar surface area (TPSA) is 0 Å². The van der Waals surface area contributed by atoms with Crippen LogP contribution in [0.2, 0.25) is 5.02 Å². The molecule has 12 heavy (non-hydrogen) atoms. The quantitative estimate of drug-likeness (QED) is 0.627. The molecule has 0 fully saturated rings. The maximum atomic E-state index is 5.98. The van der Waals surface area contributed by atoms with Crippen molar-refractivity contribution in [2.75, 3.05) is 0 Å². The van der Waals surface area contributed by atoms with E-state index in [1.807, 2.05) is 18.2 Å². The summed E-state index contributed by atoms with van der Waals surface area (Å²) in [6.45, 7) is 6.44. The van der Waals surface area contributed by atoms with Crippen molar-refractivity contribution < 1.29 is 20.4 Å². The number of halogens is 1. The Morgan fingerprint density at radius 3 is 2.25 bits per heavy atom. The molecule has 1 radical (unpaired) electrons. The smallest absolute Gasteiger partial charge is 0 e. The van der Waals surface area contributed by atoms with E-state index in [9.17, 15) is 0 Å². The molecule has 0 unspecified atom stereocenters. The van der Waals surface area contributed by atoms with E-state index in [1.54, 1.807) is 0 Å². The van der Waals surface area contributed by atoms with Crippen LogP contribution < -0.4 is 0 Å². The van der Waals surface area contributed by atoms with Gasteiger partial charge in [0, 0.05) is 20.4 Å². The molecule has 1 aromatic carbocycles. The van der Waals surface area contributed by atoms with E-state index < -0.39 is 0 Å². The van der Waals surface area contributed by atoms with E-state index in [2.05, 4.69) is 26.8 Å². The van der Waals surface area contributed by atoms with Gasteiger partial charge in [-0.15, -0.1) is 5.56 Å². The Kier molecular flexibility index (Phi) is 4.48. The zero-order valence-electron chi connectivity index (χ0n) is 7.49. The van der Waals surface area contributed by atoms with E-state index >= 15 is 0 Å². The van der Waals surface area contributed by atoms with Crippen molar-refractivity contribution in [3.8, 4) is 0 Å². The predicted molar refractivity (Wildman–Crippen MR) is 49.0 cm³/mol. The molecule has 0 aromatic heterocycles. The van der Waals surface area contributed by atoms with Crippen LogP contribution in [0.4, 0.5) is 0 Å². The first-order valence-corrected chi connectivity index (χ1v) is 4.05. The fourth-order valence-corrected chi connectivity index (χ4v) is 1.43. The fourth-order valence-electron chi connectivity index (χ4n) is 1.02. The van der Waals surface area contributed by atoms with E-state index in [0.717, 1.165) is 5.02 Å². The van der Waals surface area contributed by atoms with Crippen molar-refractivity contribution in [2.24, 2.45) is 0 Å². The Balaban J connectivity index is 0.00000121. The van der Waals surface area contributed by atoms with E-state index in [0.29, 0.717) is 0 Å². The minimum absolute atomic E-state index is 0. The summed E-state index contributed by atoms with van der Waals surface area (Å²) >= 11 is 5.98. The van der Waals surface area contributed by atoms with Crippen LogP contribution in [0.25, 0.3) is 0 Å². The first-order chi connectivity index (χ1) is 5.02. The van der Waals surface area contributed by atoms with Crippen LogP contribution in [0.3, 0.4) is 0 Å². The van der Waals surface area contributed by atoms with Gasteiger partial charge in [0.2, 0.25) is 0 Å². The zero-order chi connectivity index (χ0) is 8.48. The predicted octanol–water partition coefficient (Wildman–Crippen LogP) is 3.44. The number of benzene rings is 1. The second kappa shape index (κ2) is 4.42. The SMILES string of the molecule is CC(C)(C)c1cc[c-]cc1Cl.[Re]. The summed E-state index contributed by atoms with van der Waals surface area (Å²) in [6, 6.07) is 8.66. The van der Waals surface area contributed by atoms with Crippen LogP contribution in [-0.2, 0) is 25.8 Å². The van der Waals surface area contributed by atoms with Crippen LogP contribution in [0.5, 0.6) is 0 Å². The van der Waals surface area contributed by atoms with Crippen LogP contribution >= 0.6 is 11.6 Å². The van der Waals surface area contributed by atoms with Crippen molar-refractivity contribution in [3.05, 3.63) is 34.9 Å². The fraction of sp³-hybridized carbons (Fsp3) is 0.400. The molecule has 0 aliphatic carbocycles. The third kappa shape index (κ3) is 2.90. The number of hydrogen-bond acceptors (Lipinski definition) is 0. The van der Waals surface area contributed by atoms with Crippen molar-refractivity contribution in [3.63, 3.8) is 0 Å². The molecule has 0 spiro atoms. The minimum Gasteiger partial charge on any atom is -0.182 e. The largest absolute Gasteiger partial charge is 0.182 e. The second-order valence-corrected chi connectivity index (χ2v) is 4.06. The third-order valence-electron chi connectivity index (χ3n) is 1.62. The molecule has 0 N–H and O–H groups in total. The van der Waals surface area contributed by atoms with Crippen LogP contribution in [-0.4, -0.2) is 0 Å². The molecule has 0 atom stereocenters. The molecule has 0 heterocycles. The van der Waals surface area contributed by atoms with E-state index in [-0.39, 0.29) is 25.8 Å². The number of hydrogen-bond donors (Lipinski definition) is 0. The summed E-state index contributed by atoms with van der Waals surface area (Å²) in [5.41, 5.74) is 1.31. The average molecular weight is 354 g/mol. The molecular formula is C10H12ClRe-. The summed E-state index contributed by atoms with van der Waals surface area (Å²) in [6.07, 6.45) is 0. The van der Waals surface area contributed by atoms with Gasteiger partial charge in [-0.25, -0.2) is 0 Å². The van der Waals surface area contributed by atoms with Gasteiger partial charge in [0.25, 0.3) is 0 Å². The normalized spacial score (nSPS) is 10.7. The summed E-state index contributed by atoms with van der Waals surface area (Å²) in [7, 11) is 0. The van der Waals surface area contributed by atoms with E-state index in [4.69, 9.17) is 11.6 Å². The van der Waals surface area contributed by atoms with Gasteiger partial charge in [-0.05, 0) is 5.41 Å². The molecule has 67 valence electrons. The molecule has 1 aromatic rings. The van der Waals surface area contributed by atoms with Crippen LogP contribution in [0.15, 0.2) is 18.2 Å². The van der Waals surface area contributed by atoms with Gasteiger partial charge in [0.15, 0.2) is 0 Å². The molecule has 1 rings (SSSR count). The Morgan fingerprint density at radius 1 is 1.33 bits per heavy atom. The minimum atomic E-state index is 0. The van der Waals surface area contributed by atoms with Gasteiger partial charge in [-0.1, -0.05) is 25.8 Å². The molecule has 0 nitrogen and oxygen atoms in total. The standard InChI is InChI=1S/C10H12Cl.Re/c1-10(2,3)8-6-4-5-7-9(8)11;/h4,6-7H,1-3H3;/q-1;. The first kappa shape index (κ1) is 12.2. The Hall–Kier alpha value is 0.172.